The quantitative estimate of drug-likeness (QED) is 0.670. The van der Waals surface area contributed by atoms with Crippen molar-refractivity contribution in [1.29, 1.82) is 0 Å². The summed E-state index contributed by atoms with van der Waals surface area (Å²) in [5.74, 6) is 1.73. The lowest BCUT2D eigenvalue weighted by molar-refractivity contribution is 0.0950. The topological polar surface area (TPSA) is 91.5 Å². The van der Waals surface area contributed by atoms with Crippen LogP contribution in [-0.2, 0) is 0 Å². The Morgan fingerprint density at radius 3 is 2.92 bits per heavy atom. The first-order valence-electron chi connectivity index (χ1n) is 9.04. The van der Waals surface area contributed by atoms with Gasteiger partial charge in [-0.15, -0.1) is 0 Å². The molecule has 2 unspecified atom stereocenters. The number of anilines is 1. The van der Waals surface area contributed by atoms with Crippen LogP contribution in [0.2, 0.25) is 5.02 Å². The molecule has 0 bridgehead atoms. The Morgan fingerprint density at radius 1 is 1.42 bits per heavy atom. The van der Waals surface area contributed by atoms with Gasteiger partial charge in [0.1, 0.15) is 0 Å². The van der Waals surface area contributed by atoms with Crippen molar-refractivity contribution in [3.63, 3.8) is 0 Å². The Hall–Kier alpha value is -1.89. The highest BCUT2D eigenvalue weighted by Gasteiger charge is 2.54. The van der Waals surface area contributed by atoms with Crippen LogP contribution in [-0.4, -0.2) is 53.7 Å². The average molecular weight is 375 g/mol. The monoisotopic (exact) mass is 374 g/mol. The van der Waals surface area contributed by atoms with Crippen LogP contribution >= 0.6 is 11.6 Å². The van der Waals surface area contributed by atoms with E-state index in [-0.39, 0.29) is 12.5 Å². The van der Waals surface area contributed by atoms with Crippen LogP contribution in [0.3, 0.4) is 0 Å². The number of nitrogens with zero attached hydrogens (tertiary/aromatic N) is 2. The normalized spacial score (nSPS) is 24.6. The number of amides is 1. The number of halogens is 1. The second-order valence-electron chi connectivity index (χ2n) is 7.26. The predicted molar refractivity (Wildman–Crippen MR) is 102 cm³/mol. The Balaban J connectivity index is 1.39. The zero-order chi connectivity index (χ0) is 18.3. The number of hydrogen-bond acceptors (Lipinski definition) is 5. The van der Waals surface area contributed by atoms with E-state index >= 15 is 0 Å². The van der Waals surface area contributed by atoms with E-state index in [9.17, 15) is 4.79 Å². The standard InChI is InChI=1S/C19H23ClN4O2/c20-16-7-12(18-11(17(16)21)3-1-4-22-18)19(26)23-8-13-14-9-24(5-2-6-25)10-15(13)14/h1,3-4,7,13-15,25H,2,5-6,8-10,21H2,(H,23,26). The second-order valence-corrected chi connectivity index (χ2v) is 7.66. The maximum absolute atomic E-state index is 12.7. The molecule has 1 aromatic carbocycles. The number of pyridine rings is 1. The lowest BCUT2D eigenvalue weighted by atomic mass is 10.1. The first kappa shape index (κ1) is 17.5. The number of nitrogen functional groups attached to an aromatic ring is 1. The Bertz CT molecular complexity index is 832. The first-order valence-corrected chi connectivity index (χ1v) is 9.42. The van der Waals surface area contributed by atoms with Gasteiger partial charge in [-0.25, -0.2) is 0 Å². The SMILES string of the molecule is Nc1c(Cl)cc(C(=O)NCC2C3CN(CCCO)CC23)c2ncccc12. The number of benzene rings is 1. The minimum Gasteiger partial charge on any atom is -0.397 e. The van der Waals surface area contributed by atoms with Crippen molar-refractivity contribution in [3.8, 4) is 0 Å². The van der Waals surface area contributed by atoms with Crippen molar-refractivity contribution in [2.75, 3.05) is 38.5 Å². The molecule has 4 N–H and O–H groups in total. The number of likely N-dealkylation sites (tertiary alicyclic amines) is 1. The van der Waals surface area contributed by atoms with Crippen molar-refractivity contribution >= 4 is 34.1 Å². The molecule has 6 nitrogen and oxygen atoms in total. The number of piperidine rings is 1. The third kappa shape index (κ3) is 3.13. The fourth-order valence-corrected chi connectivity index (χ4v) is 4.44. The van der Waals surface area contributed by atoms with Crippen molar-refractivity contribution < 1.29 is 9.90 Å². The van der Waals surface area contributed by atoms with Gasteiger partial charge in [0.05, 0.1) is 21.8 Å². The van der Waals surface area contributed by atoms with Crippen LogP contribution in [0.1, 0.15) is 16.8 Å². The molecule has 0 radical (unpaired) electrons. The third-order valence-electron chi connectivity index (χ3n) is 5.70. The Labute approximate surface area is 157 Å². The van der Waals surface area contributed by atoms with Gasteiger partial charge in [-0.1, -0.05) is 11.6 Å². The van der Waals surface area contributed by atoms with Gasteiger partial charge in [0.2, 0.25) is 0 Å². The largest absolute Gasteiger partial charge is 0.397 e. The maximum Gasteiger partial charge on any atom is 0.253 e. The van der Waals surface area contributed by atoms with E-state index in [1.807, 2.05) is 6.07 Å². The summed E-state index contributed by atoms with van der Waals surface area (Å²) in [6, 6.07) is 5.21. The molecule has 1 saturated heterocycles. The summed E-state index contributed by atoms with van der Waals surface area (Å²) in [6.07, 6.45) is 2.48. The lowest BCUT2D eigenvalue weighted by Crippen LogP contribution is -2.31. The molecule has 1 amide bonds. The molecule has 7 heteroatoms. The maximum atomic E-state index is 12.7. The van der Waals surface area contributed by atoms with Crippen LogP contribution in [0, 0.1) is 17.8 Å². The number of carbonyl (C=O) groups is 1. The van der Waals surface area contributed by atoms with Gasteiger partial charge >= 0.3 is 0 Å². The number of nitrogens with one attached hydrogen (secondary N) is 1. The van der Waals surface area contributed by atoms with Crippen LogP contribution in [0.5, 0.6) is 0 Å². The van der Waals surface area contributed by atoms with Crippen LogP contribution in [0.15, 0.2) is 24.4 Å². The van der Waals surface area contributed by atoms with E-state index in [1.165, 1.54) is 0 Å². The minimum atomic E-state index is -0.155. The molecule has 138 valence electrons. The predicted octanol–water partition coefficient (Wildman–Crippen LogP) is 1.76. The molecule has 1 aliphatic carbocycles. The molecule has 2 atom stereocenters. The fourth-order valence-electron chi connectivity index (χ4n) is 4.23. The molecule has 2 aromatic rings. The highest BCUT2D eigenvalue weighted by Crippen LogP contribution is 2.51. The molecule has 1 aliphatic heterocycles. The second kappa shape index (κ2) is 7.02. The molecule has 0 spiro atoms. The van der Waals surface area contributed by atoms with E-state index in [0.29, 0.717) is 51.5 Å². The van der Waals surface area contributed by atoms with Gasteiger partial charge in [0.25, 0.3) is 5.91 Å². The summed E-state index contributed by atoms with van der Waals surface area (Å²) in [7, 11) is 0. The summed E-state index contributed by atoms with van der Waals surface area (Å²) in [5.41, 5.74) is 7.50. The molecule has 4 rings (SSSR count). The molecule has 2 aliphatic rings. The number of aliphatic hydroxyl groups excluding tert-OH is 1. The highest BCUT2D eigenvalue weighted by atomic mass is 35.5. The number of rotatable bonds is 6. The van der Waals surface area contributed by atoms with Crippen LogP contribution in [0.4, 0.5) is 5.69 Å². The van der Waals surface area contributed by atoms with Crippen molar-refractivity contribution in [1.82, 2.24) is 15.2 Å². The van der Waals surface area contributed by atoms with Gasteiger partial charge in [0.15, 0.2) is 0 Å². The number of hydrogen-bond donors (Lipinski definition) is 3. The summed E-state index contributed by atoms with van der Waals surface area (Å²) in [4.78, 5) is 19.4. The van der Waals surface area contributed by atoms with Gasteiger partial charge in [-0.2, -0.15) is 0 Å². The van der Waals surface area contributed by atoms with Gasteiger partial charge in [0, 0.05) is 44.4 Å². The van der Waals surface area contributed by atoms with Crippen molar-refractivity contribution in [2.24, 2.45) is 17.8 Å². The van der Waals surface area contributed by atoms with Gasteiger partial charge < -0.3 is 21.1 Å². The zero-order valence-corrected chi connectivity index (χ0v) is 15.2. The Kier molecular flexibility index (Phi) is 4.73. The number of carbonyl (C=O) groups excluding carboxylic acids is 1. The Morgan fingerprint density at radius 2 is 2.19 bits per heavy atom. The van der Waals surface area contributed by atoms with Crippen LogP contribution < -0.4 is 11.1 Å². The van der Waals surface area contributed by atoms with E-state index in [0.717, 1.165) is 26.1 Å². The number of aliphatic hydroxyl groups is 1. The van der Waals surface area contributed by atoms with E-state index < -0.39 is 0 Å². The summed E-state index contributed by atoms with van der Waals surface area (Å²) in [5, 5.41) is 13.0. The molecule has 1 saturated carbocycles. The van der Waals surface area contributed by atoms with E-state index in [2.05, 4.69) is 15.2 Å². The van der Waals surface area contributed by atoms with E-state index in [1.54, 1.807) is 18.3 Å². The molecule has 1 aromatic heterocycles. The van der Waals surface area contributed by atoms with Crippen molar-refractivity contribution in [2.45, 2.75) is 6.42 Å². The molecule has 26 heavy (non-hydrogen) atoms. The first-order chi connectivity index (χ1) is 12.6. The third-order valence-corrected chi connectivity index (χ3v) is 6.02. The van der Waals surface area contributed by atoms with Gasteiger partial charge in [-0.05, 0) is 42.4 Å². The molecule has 2 fully saturated rings. The molecule has 2 heterocycles. The number of nitrogens with two attached hydrogens (primary N) is 1. The number of aromatic nitrogens is 1. The van der Waals surface area contributed by atoms with Gasteiger partial charge in [-0.3, -0.25) is 9.78 Å². The smallest absolute Gasteiger partial charge is 0.253 e. The fraction of sp³-hybridized carbons (Fsp3) is 0.474. The molecular formula is C19H23ClN4O2. The number of fused-ring (bicyclic) bond motifs is 2. The highest BCUT2D eigenvalue weighted by molar-refractivity contribution is 6.35. The minimum absolute atomic E-state index is 0.155. The van der Waals surface area contributed by atoms with Crippen LogP contribution in [0.25, 0.3) is 10.9 Å². The van der Waals surface area contributed by atoms with E-state index in [4.69, 9.17) is 22.4 Å². The summed E-state index contributed by atoms with van der Waals surface area (Å²) in [6.45, 7) is 4.03. The zero-order valence-electron chi connectivity index (χ0n) is 14.5. The van der Waals surface area contributed by atoms with Crippen molar-refractivity contribution in [3.05, 3.63) is 35.0 Å². The lowest BCUT2D eigenvalue weighted by Gasteiger charge is -2.19. The summed E-state index contributed by atoms with van der Waals surface area (Å²) < 4.78 is 0. The summed E-state index contributed by atoms with van der Waals surface area (Å²) >= 11 is 6.19. The molecular weight excluding hydrogens is 352 g/mol. The average Bonchev–Trinajstić information content (AvgIpc) is 3.11.